The van der Waals surface area contributed by atoms with E-state index in [2.05, 4.69) is 19.8 Å². The fourth-order valence-corrected chi connectivity index (χ4v) is 4.72. The molecular weight excluding hydrogens is 450 g/mol. The van der Waals surface area contributed by atoms with Crippen LogP contribution in [0.1, 0.15) is 11.4 Å². The highest BCUT2D eigenvalue weighted by Gasteiger charge is 2.15. The number of sulfonamides is 1. The number of nitrogens with zero attached hydrogens (tertiary/aromatic N) is 4. The Morgan fingerprint density at radius 1 is 0.853 bits per heavy atom. The van der Waals surface area contributed by atoms with Gasteiger partial charge < -0.3 is 4.74 Å². The van der Waals surface area contributed by atoms with Gasteiger partial charge in [-0.25, -0.2) is 23.1 Å². The second kappa shape index (κ2) is 8.60. The zero-order chi connectivity index (χ0) is 23.7. The summed E-state index contributed by atoms with van der Waals surface area (Å²) < 4.78 is 35.9. The zero-order valence-corrected chi connectivity index (χ0v) is 19.3. The van der Waals surface area contributed by atoms with Gasteiger partial charge in [0.25, 0.3) is 10.0 Å². The number of fused-ring (bicyclic) bond motifs is 1. The van der Waals surface area contributed by atoms with Gasteiger partial charge in [0.15, 0.2) is 5.82 Å². The van der Waals surface area contributed by atoms with Gasteiger partial charge in [-0.05, 0) is 67.1 Å². The summed E-state index contributed by atoms with van der Waals surface area (Å²) in [5.74, 6) is 1.45. The van der Waals surface area contributed by atoms with E-state index in [0.29, 0.717) is 23.1 Å². The molecule has 0 aliphatic heterocycles. The lowest BCUT2D eigenvalue weighted by molar-refractivity contribution is 0.460. The summed E-state index contributed by atoms with van der Waals surface area (Å²) in [6.07, 6.45) is 1.41. The van der Waals surface area contributed by atoms with Gasteiger partial charge in [0, 0.05) is 17.4 Å². The predicted octanol–water partition coefficient (Wildman–Crippen LogP) is 5.03. The van der Waals surface area contributed by atoms with Crippen molar-refractivity contribution < 1.29 is 13.2 Å². The van der Waals surface area contributed by atoms with E-state index in [0.717, 1.165) is 22.2 Å². The lowest BCUT2D eigenvalue weighted by Gasteiger charge is -2.10. The van der Waals surface area contributed by atoms with Crippen LogP contribution in [0, 0.1) is 13.8 Å². The van der Waals surface area contributed by atoms with Crippen molar-refractivity contribution in [2.45, 2.75) is 18.7 Å². The summed E-state index contributed by atoms with van der Waals surface area (Å²) in [5, 5.41) is 6.26. The maximum atomic E-state index is 12.9. The first-order valence-electron chi connectivity index (χ1n) is 10.5. The molecule has 3 aromatic carbocycles. The van der Waals surface area contributed by atoms with Crippen molar-refractivity contribution in [1.29, 1.82) is 0 Å². The topological polar surface area (TPSA) is 99.0 Å². The first kappa shape index (κ1) is 21.6. The monoisotopic (exact) mass is 471 g/mol. The predicted molar refractivity (Wildman–Crippen MR) is 130 cm³/mol. The Balaban J connectivity index is 1.32. The molecular formula is C25H21N5O3S. The van der Waals surface area contributed by atoms with Gasteiger partial charge in [0.2, 0.25) is 5.88 Å². The molecule has 0 aliphatic rings. The van der Waals surface area contributed by atoms with Crippen LogP contribution in [0.4, 0.5) is 5.69 Å². The molecule has 2 aromatic heterocycles. The smallest absolute Gasteiger partial charge is 0.261 e. The summed E-state index contributed by atoms with van der Waals surface area (Å²) in [4.78, 5) is 8.62. The average Bonchev–Trinajstić information content (AvgIpc) is 3.18. The average molecular weight is 472 g/mol. The van der Waals surface area contributed by atoms with Gasteiger partial charge >= 0.3 is 0 Å². The number of rotatable bonds is 6. The molecule has 0 spiro atoms. The number of aromatic nitrogens is 4. The fourth-order valence-electron chi connectivity index (χ4n) is 3.62. The van der Waals surface area contributed by atoms with Gasteiger partial charge in [0.05, 0.1) is 10.6 Å². The summed E-state index contributed by atoms with van der Waals surface area (Å²) in [7, 11) is -3.74. The minimum Gasteiger partial charge on any atom is -0.439 e. The molecule has 34 heavy (non-hydrogen) atoms. The Morgan fingerprint density at radius 2 is 1.62 bits per heavy atom. The highest BCUT2D eigenvalue weighted by Crippen LogP contribution is 2.25. The van der Waals surface area contributed by atoms with Gasteiger partial charge in [-0.15, -0.1) is 0 Å². The Morgan fingerprint density at radius 3 is 2.35 bits per heavy atom. The van der Waals surface area contributed by atoms with Crippen LogP contribution < -0.4 is 9.46 Å². The molecule has 0 amide bonds. The molecule has 2 heterocycles. The molecule has 0 unspecified atom stereocenters. The molecule has 0 saturated heterocycles. The van der Waals surface area contributed by atoms with Crippen LogP contribution in [0.3, 0.4) is 0 Å². The van der Waals surface area contributed by atoms with Crippen LogP contribution in [0.2, 0.25) is 0 Å². The second-order valence-corrected chi connectivity index (χ2v) is 9.48. The molecule has 0 fully saturated rings. The highest BCUT2D eigenvalue weighted by molar-refractivity contribution is 7.92. The van der Waals surface area contributed by atoms with Gasteiger partial charge in [-0.1, -0.05) is 30.3 Å². The van der Waals surface area contributed by atoms with Crippen LogP contribution in [0.15, 0.2) is 90.1 Å². The van der Waals surface area contributed by atoms with Crippen LogP contribution in [-0.2, 0) is 10.0 Å². The van der Waals surface area contributed by atoms with E-state index < -0.39 is 10.0 Å². The van der Waals surface area contributed by atoms with Crippen molar-refractivity contribution in [3.05, 3.63) is 96.6 Å². The molecule has 8 nitrogen and oxygen atoms in total. The lowest BCUT2D eigenvalue weighted by atomic mass is 10.1. The van der Waals surface area contributed by atoms with Crippen LogP contribution in [0.25, 0.3) is 16.6 Å². The normalized spacial score (nSPS) is 11.5. The van der Waals surface area contributed by atoms with E-state index in [4.69, 9.17) is 4.74 Å². The van der Waals surface area contributed by atoms with E-state index in [9.17, 15) is 8.42 Å². The molecule has 0 saturated carbocycles. The first-order chi connectivity index (χ1) is 16.4. The Labute approximate surface area is 196 Å². The highest BCUT2D eigenvalue weighted by atomic mass is 32.2. The van der Waals surface area contributed by atoms with E-state index in [1.807, 2.05) is 44.2 Å². The first-order valence-corrected chi connectivity index (χ1v) is 12.0. The molecule has 9 heteroatoms. The SMILES string of the molecule is Cc1cc(C)n(-c2cc(Oc3ccc(NS(=O)(=O)c4ccc5ccccc5c4)cc3)ncn2)n1. The van der Waals surface area contributed by atoms with Crippen molar-refractivity contribution in [3.8, 4) is 17.4 Å². The number of anilines is 1. The Bertz CT molecular complexity index is 1600. The van der Waals surface area contributed by atoms with Crippen LogP contribution in [0.5, 0.6) is 11.6 Å². The molecule has 5 aromatic rings. The van der Waals surface area contributed by atoms with Crippen molar-refractivity contribution in [2.24, 2.45) is 0 Å². The summed E-state index contributed by atoms with van der Waals surface area (Å²) in [6.45, 7) is 3.86. The quantitative estimate of drug-likeness (QED) is 0.373. The molecule has 0 bridgehead atoms. The Kier molecular flexibility index (Phi) is 5.46. The van der Waals surface area contributed by atoms with Crippen LogP contribution in [-0.4, -0.2) is 28.2 Å². The molecule has 170 valence electrons. The van der Waals surface area contributed by atoms with Crippen LogP contribution >= 0.6 is 0 Å². The third-order valence-electron chi connectivity index (χ3n) is 5.21. The van der Waals surface area contributed by atoms with Gasteiger partial charge in [-0.2, -0.15) is 5.10 Å². The number of ether oxygens (including phenoxy) is 1. The third-order valence-corrected chi connectivity index (χ3v) is 6.59. The molecule has 0 atom stereocenters. The van der Waals surface area contributed by atoms with Gasteiger partial charge in [0.1, 0.15) is 12.1 Å². The van der Waals surface area contributed by atoms with Crippen molar-refractivity contribution in [3.63, 3.8) is 0 Å². The number of benzene rings is 3. The summed E-state index contributed by atoms with van der Waals surface area (Å²) in [6, 6.07) is 22.9. The lowest BCUT2D eigenvalue weighted by Crippen LogP contribution is -2.12. The molecule has 0 aliphatic carbocycles. The third kappa shape index (κ3) is 4.46. The minimum absolute atomic E-state index is 0.198. The summed E-state index contributed by atoms with van der Waals surface area (Å²) in [5.41, 5.74) is 2.26. The zero-order valence-electron chi connectivity index (χ0n) is 18.5. The number of hydrogen-bond acceptors (Lipinski definition) is 6. The standard InChI is InChI=1S/C25H21N5O3S/c1-17-13-18(2)30(28-17)24-15-25(27-16-26-24)33-22-10-8-21(9-11-22)29-34(31,32)23-12-7-19-5-3-4-6-20(19)14-23/h3-16,29H,1-2H3. The van der Waals surface area contributed by atoms with Gasteiger partial charge in [-0.3, -0.25) is 4.72 Å². The number of nitrogens with one attached hydrogen (secondary N) is 1. The van der Waals surface area contributed by atoms with Crippen molar-refractivity contribution in [2.75, 3.05) is 4.72 Å². The molecule has 5 rings (SSSR count). The van der Waals surface area contributed by atoms with E-state index in [1.54, 1.807) is 53.2 Å². The largest absolute Gasteiger partial charge is 0.439 e. The maximum Gasteiger partial charge on any atom is 0.261 e. The van der Waals surface area contributed by atoms with E-state index >= 15 is 0 Å². The fraction of sp³-hybridized carbons (Fsp3) is 0.0800. The minimum atomic E-state index is -3.74. The van der Waals surface area contributed by atoms with Crippen molar-refractivity contribution >= 4 is 26.5 Å². The second-order valence-electron chi connectivity index (χ2n) is 7.79. The number of aryl methyl sites for hydroxylation is 2. The van der Waals surface area contributed by atoms with E-state index in [-0.39, 0.29) is 4.90 Å². The van der Waals surface area contributed by atoms with E-state index in [1.165, 1.54) is 6.33 Å². The molecule has 0 radical (unpaired) electrons. The molecule has 1 N–H and O–H groups in total. The maximum absolute atomic E-state index is 12.9. The summed E-state index contributed by atoms with van der Waals surface area (Å²) >= 11 is 0. The number of hydrogen-bond donors (Lipinski definition) is 1. The van der Waals surface area contributed by atoms with Crippen molar-refractivity contribution in [1.82, 2.24) is 19.7 Å². The Hall–Kier alpha value is -4.24.